The molecule has 10 heteroatoms. The number of alkyl halides is 3. The van der Waals surface area contributed by atoms with Crippen LogP contribution in [0.1, 0.15) is 30.9 Å². The van der Waals surface area contributed by atoms with Gasteiger partial charge in [-0.2, -0.15) is 0 Å². The van der Waals surface area contributed by atoms with Crippen LogP contribution in [0.15, 0.2) is 36.4 Å². The Morgan fingerprint density at radius 1 is 1.26 bits per heavy atom. The van der Waals surface area contributed by atoms with Gasteiger partial charge in [-0.1, -0.05) is 30.7 Å². The summed E-state index contributed by atoms with van der Waals surface area (Å²) in [4.78, 5) is 13.3. The third-order valence-corrected chi connectivity index (χ3v) is 6.83. The molecule has 34 heavy (non-hydrogen) atoms. The number of aliphatic carboxylic acids is 1. The van der Waals surface area contributed by atoms with Crippen molar-refractivity contribution in [3.05, 3.63) is 52.5 Å². The molecule has 0 aromatic heterocycles. The first-order valence-electron chi connectivity index (χ1n) is 10.9. The van der Waals surface area contributed by atoms with Gasteiger partial charge in [0.05, 0.1) is 23.1 Å². The van der Waals surface area contributed by atoms with Crippen molar-refractivity contribution >= 4 is 17.6 Å². The van der Waals surface area contributed by atoms with Gasteiger partial charge in [-0.3, -0.25) is 4.79 Å². The van der Waals surface area contributed by atoms with Crippen molar-refractivity contribution in [3.63, 3.8) is 0 Å². The topological polar surface area (TPSA) is 68.2 Å². The van der Waals surface area contributed by atoms with Gasteiger partial charge in [-0.25, -0.2) is 0 Å². The molecule has 0 radical (unpaired) electrons. The highest BCUT2D eigenvalue weighted by atomic mass is 35.5. The van der Waals surface area contributed by atoms with Crippen molar-refractivity contribution in [1.29, 1.82) is 0 Å². The molecule has 6 nitrogen and oxygen atoms in total. The van der Waals surface area contributed by atoms with E-state index in [1.165, 1.54) is 18.2 Å². The van der Waals surface area contributed by atoms with Crippen molar-refractivity contribution in [3.8, 4) is 17.2 Å². The van der Waals surface area contributed by atoms with E-state index in [9.17, 15) is 18.0 Å². The molecule has 4 rings (SSSR count). The Morgan fingerprint density at radius 3 is 2.68 bits per heavy atom. The Bertz CT molecular complexity index is 1050. The van der Waals surface area contributed by atoms with Gasteiger partial charge in [0.25, 0.3) is 0 Å². The lowest BCUT2D eigenvalue weighted by Crippen LogP contribution is -2.45. The molecule has 1 fully saturated rings. The number of benzene rings is 2. The van der Waals surface area contributed by atoms with Crippen LogP contribution in [-0.2, 0) is 16.8 Å². The van der Waals surface area contributed by atoms with Crippen LogP contribution >= 0.6 is 11.6 Å². The summed E-state index contributed by atoms with van der Waals surface area (Å²) < 4.78 is 53.9. The first-order valence-corrected chi connectivity index (χ1v) is 11.3. The number of nitrogens with zero attached hydrogens (tertiary/aromatic N) is 1. The Morgan fingerprint density at radius 2 is 2.00 bits per heavy atom. The number of fused-ring (bicyclic) bond motifs is 2. The number of carbonyl (C=O) groups is 1. The second kappa shape index (κ2) is 9.54. The second-order valence-corrected chi connectivity index (χ2v) is 9.23. The summed E-state index contributed by atoms with van der Waals surface area (Å²) in [6.07, 6.45) is -3.13. The minimum absolute atomic E-state index is 0.0994. The number of halogens is 4. The minimum atomic E-state index is -4.84. The van der Waals surface area contributed by atoms with E-state index in [1.54, 1.807) is 19.1 Å². The van der Waals surface area contributed by atoms with E-state index < -0.39 is 24.0 Å². The summed E-state index contributed by atoms with van der Waals surface area (Å²) in [6, 6.07) is 9.50. The molecule has 1 saturated heterocycles. The average Bonchev–Trinajstić information content (AvgIpc) is 3.11. The van der Waals surface area contributed by atoms with Crippen LogP contribution in [0.3, 0.4) is 0 Å². The van der Waals surface area contributed by atoms with E-state index in [0.717, 1.165) is 31.5 Å². The number of ether oxygens (including phenoxy) is 3. The summed E-state index contributed by atoms with van der Waals surface area (Å²) in [5, 5.41) is 9.26. The van der Waals surface area contributed by atoms with Gasteiger partial charge in [0.15, 0.2) is 0 Å². The smallest absolute Gasteiger partial charge is 0.492 e. The van der Waals surface area contributed by atoms with Crippen LogP contribution in [0, 0.1) is 5.92 Å². The van der Waals surface area contributed by atoms with Crippen molar-refractivity contribution < 1.29 is 37.3 Å². The van der Waals surface area contributed by atoms with E-state index in [2.05, 4.69) is 9.64 Å². The molecule has 1 atom stereocenters. The van der Waals surface area contributed by atoms with Gasteiger partial charge < -0.3 is 24.2 Å². The fourth-order valence-electron chi connectivity index (χ4n) is 4.54. The predicted molar refractivity (Wildman–Crippen MR) is 119 cm³/mol. The van der Waals surface area contributed by atoms with Crippen LogP contribution < -0.4 is 14.2 Å². The quantitative estimate of drug-likeness (QED) is 0.560. The third-order valence-electron chi connectivity index (χ3n) is 6.48. The molecule has 0 bridgehead atoms. The van der Waals surface area contributed by atoms with Gasteiger partial charge in [-0.05, 0) is 44.1 Å². The molecule has 184 valence electrons. The lowest BCUT2D eigenvalue weighted by molar-refractivity contribution is -0.275. The van der Waals surface area contributed by atoms with Crippen molar-refractivity contribution in [2.45, 2.75) is 38.1 Å². The zero-order valence-electron chi connectivity index (χ0n) is 18.5. The molecule has 0 aliphatic carbocycles. The Hall–Kier alpha value is -2.65. The molecule has 2 heterocycles. The van der Waals surface area contributed by atoms with E-state index in [-0.39, 0.29) is 22.6 Å². The monoisotopic (exact) mass is 499 g/mol. The molecule has 2 aromatic rings. The van der Waals surface area contributed by atoms with Gasteiger partial charge in [0.2, 0.25) is 0 Å². The number of hydrogen-bond acceptors (Lipinski definition) is 5. The van der Waals surface area contributed by atoms with Crippen LogP contribution in [0.2, 0.25) is 5.02 Å². The summed E-state index contributed by atoms with van der Waals surface area (Å²) in [7, 11) is 0. The first-order chi connectivity index (χ1) is 16.1. The summed E-state index contributed by atoms with van der Waals surface area (Å²) in [6.45, 7) is 4.13. The lowest BCUT2D eigenvalue weighted by atomic mass is 9.74. The third kappa shape index (κ3) is 5.36. The molecular weight excluding hydrogens is 475 g/mol. The Kier molecular flexibility index (Phi) is 6.87. The van der Waals surface area contributed by atoms with Gasteiger partial charge in [-0.15, -0.1) is 13.2 Å². The van der Waals surface area contributed by atoms with E-state index in [1.807, 2.05) is 6.07 Å². The van der Waals surface area contributed by atoms with Gasteiger partial charge in [0.1, 0.15) is 23.9 Å². The van der Waals surface area contributed by atoms with Crippen LogP contribution in [0.4, 0.5) is 13.2 Å². The molecule has 2 aliphatic heterocycles. The number of rotatable bonds is 7. The Balaban J connectivity index is 1.42. The maximum atomic E-state index is 12.7. The van der Waals surface area contributed by atoms with Crippen molar-refractivity contribution in [2.24, 2.45) is 5.92 Å². The largest absolute Gasteiger partial charge is 0.573 e. The molecule has 1 unspecified atom stereocenters. The highest BCUT2D eigenvalue weighted by molar-refractivity contribution is 6.31. The average molecular weight is 500 g/mol. The van der Waals surface area contributed by atoms with Crippen molar-refractivity contribution in [2.75, 3.05) is 26.2 Å². The zero-order valence-corrected chi connectivity index (χ0v) is 19.3. The maximum Gasteiger partial charge on any atom is 0.573 e. The van der Waals surface area contributed by atoms with Crippen molar-refractivity contribution in [1.82, 2.24) is 4.90 Å². The number of carboxylic acids is 1. The van der Waals surface area contributed by atoms with Gasteiger partial charge in [0, 0.05) is 23.6 Å². The molecule has 1 spiro atoms. The number of piperidine rings is 1. The van der Waals surface area contributed by atoms with E-state index in [4.69, 9.17) is 26.2 Å². The van der Waals surface area contributed by atoms with Crippen LogP contribution in [0.25, 0.3) is 0 Å². The molecular formula is C24H25ClF3NO5. The molecule has 0 saturated carbocycles. The molecule has 0 amide bonds. The number of likely N-dealkylation sites (tertiary alicyclic amines) is 1. The SMILES string of the molecule is CC(CN1CCC2(CC1)COc1cc(OCc3c(Cl)cccc3OC(F)(F)F)ccc12)C(=O)O. The highest BCUT2D eigenvalue weighted by Crippen LogP contribution is 2.47. The maximum absolute atomic E-state index is 12.7. The fraction of sp³-hybridized carbons (Fsp3) is 0.458. The standard InChI is InChI=1S/C24H25ClF3NO5/c1-15(22(30)31)12-29-9-7-23(8-10-29)14-33-21-11-16(5-6-18(21)23)32-13-17-19(25)3-2-4-20(17)34-24(26,27)28/h2-6,11,15H,7-10,12-14H2,1H3,(H,30,31). The number of carboxylic acid groups (broad SMARTS) is 1. The summed E-state index contributed by atoms with van der Waals surface area (Å²) in [5.41, 5.74) is 1.04. The first kappa shape index (κ1) is 24.5. The van der Waals surface area contributed by atoms with E-state index >= 15 is 0 Å². The zero-order chi connectivity index (χ0) is 24.5. The fourth-order valence-corrected chi connectivity index (χ4v) is 4.76. The molecule has 2 aromatic carbocycles. The molecule has 1 N–H and O–H groups in total. The minimum Gasteiger partial charge on any atom is -0.492 e. The van der Waals surface area contributed by atoms with Gasteiger partial charge >= 0.3 is 12.3 Å². The summed E-state index contributed by atoms with van der Waals surface area (Å²) in [5.74, 6) is -0.477. The van der Waals surface area contributed by atoms with Crippen LogP contribution in [-0.4, -0.2) is 48.6 Å². The normalized spacial score (nSPS) is 18.3. The highest BCUT2D eigenvalue weighted by Gasteiger charge is 2.43. The van der Waals surface area contributed by atoms with E-state index in [0.29, 0.717) is 24.7 Å². The Labute approximate surface area is 200 Å². The van der Waals surface area contributed by atoms with Crippen LogP contribution in [0.5, 0.6) is 17.2 Å². The predicted octanol–water partition coefficient (Wildman–Crippen LogP) is 5.26. The summed E-state index contributed by atoms with van der Waals surface area (Å²) >= 11 is 6.09. The second-order valence-electron chi connectivity index (χ2n) is 8.82. The number of hydrogen-bond donors (Lipinski definition) is 1. The lowest BCUT2D eigenvalue weighted by Gasteiger charge is -2.39. The molecule has 2 aliphatic rings.